The first-order valence-corrected chi connectivity index (χ1v) is 6.87. The zero-order valence-electron chi connectivity index (χ0n) is 12.3. The topological polar surface area (TPSA) is 60.2 Å². The highest BCUT2D eigenvalue weighted by Gasteiger charge is 2.16. The van der Waals surface area contributed by atoms with Crippen LogP contribution in [0.1, 0.15) is 13.8 Å². The van der Waals surface area contributed by atoms with Crippen molar-refractivity contribution >= 4 is 11.0 Å². The van der Waals surface area contributed by atoms with Crippen molar-refractivity contribution in [3.63, 3.8) is 0 Å². The fourth-order valence-corrected chi connectivity index (χ4v) is 2.16. The molecule has 0 spiro atoms. The Labute approximate surface area is 127 Å². The molecule has 0 amide bonds. The SMILES string of the molecule is CC(C)(O)Cn1cnc2cnc(Oc3ccc(F)cc3)cc21. The van der Waals surface area contributed by atoms with Crippen LogP contribution in [0.2, 0.25) is 0 Å². The van der Waals surface area contributed by atoms with Gasteiger partial charge in [0.05, 0.1) is 30.2 Å². The normalized spacial score (nSPS) is 11.8. The van der Waals surface area contributed by atoms with Gasteiger partial charge in [-0.25, -0.2) is 14.4 Å². The minimum Gasteiger partial charge on any atom is -0.439 e. The molecule has 0 saturated heterocycles. The van der Waals surface area contributed by atoms with Crippen molar-refractivity contribution < 1.29 is 14.2 Å². The van der Waals surface area contributed by atoms with Crippen molar-refractivity contribution in [2.24, 2.45) is 0 Å². The summed E-state index contributed by atoms with van der Waals surface area (Å²) in [6.07, 6.45) is 3.26. The van der Waals surface area contributed by atoms with Crippen molar-refractivity contribution in [2.45, 2.75) is 26.0 Å². The third-order valence-corrected chi connectivity index (χ3v) is 3.08. The highest BCUT2D eigenvalue weighted by Crippen LogP contribution is 2.23. The number of pyridine rings is 1. The van der Waals surface area contributed by atoms with Gasteiger partial charge < -0.3 is 14.4 Å². The Balaban J connectivity index is 1.91. The lowest BCUT2D eigenvalue weighted by Gasteiger charge is -2.18. The number of benzene rings is 1. The number of halogens is 1. The van der Waals surface area contributed by atoms with Gasteiger partial charge >= 0.3 is 0 Å². The second-order valence-electron chi connectivity index (χ2n) is 5.75. The summed E-state index contributed by atoms with van der Waals surface area (Å²) in [6, 6.07) is 7.47. The number of nitrogens with zero attached hydrogens (tertiary/aromatic N) is 3. The van der Waals surface area contributed by atoms with Crippen LogP contribution in [0.15, 0.2) is 42.9 Å². The summed E-state index contributed by atoms with van der Waals surface area (Å²) >= 11 is 0. The molecule has 0 radical (unpaired) electrons. The number of aromatic nitrogens is 3. The van der Waals surface area contributed by atoms with Gasteiger partial charge in [-0.05, 0) is 38.1 Å². The molecule has 5 nitrogen and oxygen atoms in total. The molecule has 0 unspecified atom stereocenters. The van der Waals surface area contributed by atoms with E-state index in [1.807, 2.05) is 4.57 Å². The smallest absolute Gasteiger partial charge is 0.221 e. The number of hydrogen-bond acceptors (Lipinski definition) is 4. The van der Waals surface area contributed by atoms with Crippen LogP contribution >= 0.6 is 0 Å². The van der Waals surface area contributed by atoms with Gasteiger partial charge in [-0.3, -0.25) is 0 Å². The number of ether oxygens (including phenoxy) is 1. The third kappa shape index (κ3) is 3.23. The van der Waals surface area contributed by atoms with E-state index in [9.17, 15) is 9.50 Å². The molecule has 0 fully saturated rings. The molecule has 0 aliphatic carbocycles. The summed E-state index contributed by atoms with van der Waals surface area (Å²) in [6.45, 7) is 3.87. The van der Waals surface area contributed by atoms with Crippen LogP contribution in [-0.2, 0) is 6.54 Å². The van der Waals surface area contributed by atoms with Gasteiger partial charge in [0.2, 0.25) is 5.88 Å². The molecule has 22 heavy (non-hydrogen) atoms. The second-order valence-corrected chi connectivity index (χ2v) is 5.75. The zero-order chi connectivity index (χ0) is 15.7. The summed E-state index contributed by atoms with van der Waals surface area (Å²) < 4.78 is 20.4. The van der Waals surface area contributed by atoms with Gasteiger partial charge in [0.25, 0.3) is 0 Å². The van der Waals surface area contributed by atoms with Crippen LogP contribution in [0.25, 0.3) is 11.0 Å². The largest absolute Gasteiger partial charge is 0.439 e. The molecule has 114 valence electrons. The van der Waals surface area contributed by atoms with Crippen LogP contribution < -0.4 is 4.74 Å². The first-order valence-electron chi connectivity index (χ1n) is 6.87. The van der Waals surface area contributed by atoms with Gasteiger partial charge in [0.15, 0.2) is 0 Å². The zero-order valence-corrected chi connectivity index (χ0v) is 12.3. The van der Waals surface area contributed by atoms with Crippen molar-refractivity contribution in [2.75, 3.05) is 0 Å². The summed E-state index contributed by atoms with van der Waals surface area (Å²) in [4.78, 5) is 8.43. The molecule has 0 bridgehead atoms. The van der Waals surface area contributed by atoms with Crippen LogP contribution in [0.3, 0.4) is 0 Å². The van der Waals surface area contributed by atoms with E-state index in [4.69, 9.17) is 4.74 Å². The molecular formula is C16H16FN3O2. The Bertz CT molecular complexity index is 791. The average Bonchev–Trinajstić information content (AvgIpc) is 2.82. The van der Waals surface area contributed by atoms with Crippen LogP contribution in [0, 0.1) is 5.82 Å². The molecule has 0 aliphatic heterocycles. The van der Waals surface area contributed by atoms with E-state index in [1.54, 1.807) is 32.4 Å². The molecule has 1 N–H and O–H groups in total. The fourth-order valence-electron chi connectivity index (χ4n) is 2.16. The summed E-state index contributed by atoms with van der Waals surface area (Å²) in [5, 5.41) is 9.95. The van der Waals surface area contributed by atoms with Crippen molar-refractivity contribution in [3.05, 3.63) is 48.7 Å². The van der Waals surface area contributed by atoms with E-state index in [0.29, 0.717) is 18.2 Å². The van der Waals surface area contributed by atoms with Crippen LogP contribution in [0.4, 0.5) is 4.39 Å². The molecule has 0 aliphatic rings. The quantitative estimate of drug-likeness (QED) is 0.804. The molecular weight excluding hydrogens is 285 g/mol. The number of fused-ring (bicyclic) bond motifs is 1. The molecule has 2 heterocycles. The van der Waals surface area contributed by atoms with E-state index in [-0.39, 0.29) is 5.82 Å². The molecule has 2 aromatic heterocycles. The van der Waals surface area contributed by atoms with Gasteiger partial charge in [0.1, 0.15) is 17.1 Å². The second kappa shape index (κ2) is 5.38. The van der Waals surface area contributed by atoms with E-state index >= 15 is 0 Å². The lowest BCUT2D eigenvalue weighted by atomic mass is 10.1. The van der Waals surface area contributed by atoms with Crippen molar-refractivity contribution in [3.8, 4) is 11.6 Å². The molecule has 0 saturated carbocycles. The monoisotopic (exact) mass is 301 g/mol. The summed E-state index contributed by atoms with van der Waals surface area (Å²) in [5.74, 6) is 0.567. The molecule has 6 heteroatoms. The fraction of sp³-hybridized carbons (Fsp3) is 0.250. The lowest BCUT2D eigenvalue weighted by molar-refractivity contribution is 0.0626. The van der Waals surface area contributed by atoms with Gasteiger partial charge in [0, 0.05) is 6.07 Å². The average molecular weight is 301 g/mol. The Morgan fingerprint density at radius 2 is 1.95 bits per heavy atom. The number of rotatable bonds is 4. The number of hydrogen-bond donors (Lipinski definition) is 1. The minimum absolute atomic E-state index is 0.320. The lowest BCUT2D eigenvalue weighted by Crippen LogP contribution is -2.25. The van der Waals surface area contributed by atoms with E-state index in [2.05, 4.69) is 9.97 Å². The van der Waals surface area contributed by atoms with Crippen molar-refractivity contribution in [1.29, 1.82) is 0 Å². The highest BCUT2D eigenvalue weighted by atomic mass is 19.1. The molecule has 1 aromatic carbocycles. The Morgan fingerprint density at radius 3 is 2.64 bits per heavy atom. The first-order chi connectivity index (χ1) is 10.4. The van der Waals surface area contributed by atoms with Gasteiger partial charge in [-0.1, -0.05) is 0 Å². The van der Waals surface area contributed by atoms with E-state index < -0.39 is 5.60 Å². The van der Waals surface area contributed by atoms with Gasteiger partial charge in [-0.2, -0.15) is 0 Å². The minimum atomic E-state index is -0.852. The van der Waals surface area contributed by atoms with Crippen molar-refractivity contribution in [1.82, 2.24) is 14.5 Å². The first kappa shape index (κ1) is 14.5. The number of imidazole rings is 1. The molecule has 3 rings (SSSR count). The summed E-state index contributed by atoms with van der Waals surface area (Å²) in [5.41, 5.74) is 0.680. The maximum atomic E-state index is 12.9. The van der Waals surface area contributed by atoms with Crippen LogP contribution in [-0.4, -0.2) is 25.2 Å². The van der Waals surface area contributed by atoms with E-state index in [1.165, 1.54) is 24.3 Å². The summed E-state index contributed by atoms with van der Waals surface area (Å²) in [7, 11) is 0. The number of aliphatic hydroxyl groups is 1. The Morgan fingerprint density at radius 1 is 1.23 bits per heavy atom. The third-order valence-electron chi connectivity index (χ3n) is 3.08. The Hall–Kier alpha value is -2.47. The predicted octanol–water partition coefficient (Wildman–Crippen LogP) is 3.13. The Kier molecular flexibility index (Phi) is 3.54. The van der Waals surface area contributed by atoms with Gasteiger partial charge in [-0.15, -0.1) is 0 Å². The van der Waals surface area contributed by atoms with Crippen LogP contribution in [0.5, 0.6) is 11.6 Å². The van der Waals surface area contributed by atoms with E-state index in [0.717, 1.165) is 11.0 Å². The molecule has 0 atom stereocenters. The standard InChI is InChI=1S/C16H16FN3O2/c1-16(2,21)9-20-10-19-13-8-18-15(7-14(13)20)22-12-5-3-11(17)4-6-12/h3-8,10,21H,9H2,1-2H3. The maximum absolute atomic E-state index is 12.9. The highest BCUT2D eigenvalue weighted by molar-refractivity contribution is 5.75. The predicted molar refractivity (Wildman–Crippen MR) is 80.3 cm³/mol. The maximum Gasteiger partial charge on any atom is 0.221 e. The molecule has 3 aromatic rings.